The van der Waals surface area contributed by atoms with Gasteiger partial charge in [-0.15, -0.1) is 0 Å². The van der Waals surface area contributed by atoms with Gasteiger partial charge in [0.05, 0.1) is 18.6 Å². The summed E-state index contributed by atoms with van der Waals surface area (Å²) < 4.78 is 1.95. The SMILES string of the molecule is Cc1cn(-c2ccc(CN=[N+]=[N-])cc2)cn1. The Balaban J connectivity index is 2.22. The van der Waals surface area contributed by atoms with E-state index in [1.54, 1.807) is 6.33 Å². The smallest absolute Gasteiger partial charge is 0.0995 e. The van der Waals surface area contributed by atoms with Crippen molar-refractivity contribution in [1.82, 2.24) is 9.55 Å². The van der Waals surface area contributed by atoms with Crippen LogP contribution in [0.4, 0.5) is 0 Å². The Hall–Kier alpha value is -2.26. The van der Waals surface area contributed by atoms with E-state index in [-0.39, 0.29) is 0 Å². The first-order valence-corrected chi connectivity index (χ1v) is 4.90. The van der Waals surface area contributed by atoms with Crippen LogP contribution < -0.4 is 0 Å². The van der Waals surface area contributed by atoms with E-state index in [9.17, 15) is 0 Å². The zero-order valence-electron chi connectivity index (χ0n) is 8.91. The molecule has 0 saturated heterocycles. The summed E-state index contributed by atoms with van der Waals surface area (Å²) in [5.74, 6) is 0. The molecule has 0 atom stereocenters. The minimum atomic E-state index is 0.389. The van der Waals surface area contributed by atoms with Crippen LogP contribution in [0.5, 0.6) is 0 Å². The zero-order valence-corrected chi connectivity index (χ0v) is 8.91. The number of benzene rings is 1. The second-order valence-electron chi connectivity index (χ2n) is 3.48. The van der Waals surface area contributed by atoms with Crippen LogP contribution >= 0.6 is 0 Å². The molecule has 2 rings (SSSR count). The third-order valence-corrected chi connectivity index (χ3v) is 2.26. The topological polar surface area (TPSA) is 66.6 Å². The lowest BCUT2D eigenvalue weighted by atomic mass is 10.2. The summed E-state index contributed by atoms with van der Waals surface area (Å²) in [5.41, 5.74) is 11.2. The summed E-state index contributed by atoms with van der Waals surface area (Å²) in [6, 6.07) is 7.84. The van der Waals surface area contributed by atoms with E-state index in [4.69, 9.17) is 5.53 Å². The first kappa shape index (κ1) is 10.3. The zero-order chi connectivity index (χ0) is 11.4. The lowest BCUT2D eigenvalue weighted by molar-refractivity contribution is 1.02. The fourth-order valence-electron chi connectivity index (χ4n) is 1.45. The first-order valence-electron chi connectivity index (χ1n) is 4.90. The van der Waals surface area contributed by atoms with E-state index in [0.717, 1.165) is 16.9 Å². The quantitative estimate of drug-likeness (QED) is 0.439. The third kappa shape index (κ3) is 2.21. The summed E-state index contributed by atoms with van der Waals surface area (Å²) in [6.45, 7) is 2.34. The maximum absolute atomic E-state index is 8.21. The van der Waals surface area contributed by atoms with Gasteiger partial charge in [-0.25, -0.2) is 4.98 Å². The molecule has 0 unspecified atom stereocenters. The number of hydrogen-bond acceptors (Lipinski definition) is 2. The number of azide groups is 1. The molecule has 0 aliphatic rings. The summed E-state index contributed by atoms with van der Waals surface area (Å²) in [7, 11) is 0. The number of hydrogen-bond donors (Lipinski definition) is 0. The van der Waals surface area contributed by atoms with Gasteiger partial charge in [0.1, 0.15) is 0 Å². The molecule has 0 bridgehead atoms. The molecular formula is C11H11N5. The largest absolute Gasteiger partial charge is 0.306 e. The fourth-order valence-corrected chi connectivity index (χ4v) is 1.45. The average Bonchev–Trinajstić information content (AvgIpc) is 2.74. The number of imidazole rings is 1. The van der Waals surface area contributed by atoms with Crippen LogP contribution in [0.1, 0.15) is 11.3 Å². The van der Waals surface area contributed by atoms with E-state index < -0.39 is 0 Å². The van der Waals surface area contributed by atoms with E-state index in [0.29, 0.717) is 6.54 Å². The maximum Gasteiger partial charge on any atom is 0.0995 e. The summed E-state index contributed by atoms with van der Waals surface area (Å²) in [4.78, 5) is 6.89. The van der Waals surface area contributed by atoms with E-state index in [1.165, 1.54) is 0 Å². The summed E-state index contributed by atoms with van der Waals surface area (Å²) in [5, 5.41) is 3.51. The standard InChI is InChI=1S/C11H11N5/c1-9-7-16(8-13-9)11-4-2-10(3-5-11)6-14-15-12/h2-5,7-8H,6H2,1H3. The van der Waals surface area contributed by atoms with Crippen LogP contribution in [-0.2, 0) is 6.54 Å². The van der Waals surface area contributed by atoms with E-state index in [1.807, 2.05) is 42.0 Å². The van der Waals surface area contributed by atoms with Crippen molar-refractivity contribution in [3.05, 3.63) is 58.5 Å². The fraction of sp³-hybridized carbons (Fsp3) is 0.182. The molecule has 1 heterocycles. The van der Waals surface area contributed by atoms with Crippen LogP contribution in [-0.4, -0.2) is 9.55 Å². The first-order chi connectivity index (χ1) is 7.79. The van der Waals surface area contributed by atoms with Crippen molar-refractivity contribution in [2.24, 2.45) is 5.11 Å². The molecule has 5 nitrogen and oxygen atoms in total. The van der Waals surface area contributed by atoms with Crippen LogP contribution in [0, 0.1) is 6.92 Å². The maximum atomic E-state index is 8.21. The normalized spacial score (nSPS) is 9.81. The Morgan fingerprint density at radius 3 is 2.69 bits per heavy atom. The van der Waals surface area contributed by atoms with Gasteiger partial charge < -0.3 is 4.57 Å². The Labute approximate surface area is 93.0 Å². The van der Waals surface area contributed by atoms with E-state index in [2.05, 4.69) is 15.0 Å². The Kier molecular flexibility index (Phi) is 2.89. The minimum absolute atomic E-state index is 0.389. The number of aromatic nitrogens is 2. The molecule has 0 fully saturated rings. The number of rotatable bonds is 3. The van der Waals surface area contributed by atoms with Gasteiger partial charge in [-0.05, 0) is 30.2 Å². The Morgan fingerprint density at radius 2 is 2.12 bits per heavy atom. The highest BCUT2D eigenvalue weighted by Crippen LogP contribution is 2.11. The highest BCUT2D eigenvalue weighted by atomic mass is 15.1. The van der Waals surface area contributed by atoms with Crippen LogP contribution in [0.2, 0.25) is 0 Å². The molecule has 0 aliphatic carbocycles. The molecule has 0 aliphatic heterocycles. The highest BCUT2D eigenvalue weighted by Gasteiger charge is 1.97. The minimum Gasteiger partial charge on any atom is -0.306 e. The average molecular weight is 213 g/mol. The van der Waals surface area contributed by atoms with Crippen molar-refractivity contribution in [2.45, 2.75) is 13.5 Å². The Morgan fingerprint density at radius 1 is 1.38 bits per heavy atom. The van der Waals surface area contributed by atoms with Crippen molar-refractivity contribution in [1.29, 1.82) is 0 Å². The van der Waals surface area contributed by atoms with Crippen LogP contribution in [0.25, 0.3) is 16.1 Å². The van der Waals surface area contributed by atoms with Gasteiger partial charge in [-0.3, -0.25) is 0 Å². The molecule has 0 N–H and O–H groups in total. The number of aryl methyl sites for hydroxylation is 1. The third-order valence-electron chi connectivity index (χ3n) is 2.26. The van der Waals surface area contributed by atoms with Gasteiger partial charge in [0, 0.05) is 16.8 Å². The van der Waals surface area contributed by atoms with Crippen molar-refractivity contribution >= 4 is 0 Å². The van der Waals surface area contributed by atoms with Crippen molar-refractivity contribution in [3.8, 4) is 5.69 Å². The van der Waals surface area contributed by atoms with Gasteiger partial charge in [0.2, 0.25) is 0 Å². The second kappa shape index (κ2) is 4.51. The van der Waals surface area contributed by atoms with E-state index >= 15 is 0 Å². The summed E-state index contributed by atoms with van der Waals surface area (Å²) >= 11 is 0. The molecule has 1 aromatic heterocycles. The molecule has 0 radical (unpaired) electrons. The molecule has 1 aromatic carbocycles. The van der Waals surface area contributed by atoms with Crippen molar-refractivity contribution in [2.75, 3.05) is 0 Å². The Bertz CT molecular complexity index is 520. The molecule has 2 aromatic rings. The van der Waals surface area contributed by atoms with Gasteiger partial charge >= 0.3 is 0 Å². The summed E-state index contributed by atoms with van der Waals surface area (Å²) in [6.07, 6.45) is 3.74. The molecular weight excluding hydrogens is 202 g/mol. The monoisotopic (exact) mass is 213 g/mol. The molecule has 0 spiro atoms. The van der Waals surface area contributed by atoms with Crippen molar-refractivity contribution in [3.63, 3.8) is 0 Å². The van der Waals surface area contributed by atoms with Gasteiger partial charge in [0.25, 0.3) is 0 Å². The second-order valence-corrected chi connectivity index (χ2v) is 3.48. The molecule has 16 heavy (non-hydrogen) atoms. The molecule has 80 valence electrons. The molecule has 5 heteroatoms. The van der Waals surface area contributed by atoms with Crippen LogP contribution in [0.15, 0.2) is 41.9 Å². The van der Waals surface area contributed by atoms with Gasteiger partial charge in [-0.2, -0.15) is 0 Å². The highest BCUT2D eigenvalue weighted by molar-refractivity contribution is 5.35. The van der Waals surface area contributed by atoms with Gasteiger partial charge in [-0.1, -0.05) is 17.2 Å². The molecule has 0 saturated carbocycles. The predicted octanol–water partition coefficient (Wildman–Crippen LogP) is 2.99. The lowest BCUT2D eigenvalue weighted by Crippen LogP contribution is -1.90. The van der Waals surface area contributed by atoms with Crippen LogP contribution in [0.3, 0.4) is 0 Å². The lowest BCUT2D eigenvalue weighted by Gasteiger charge is -2.02. The number of nitrogens with zero attached hydrogens (tertiary/aromatic N) is 5. The van der Waals surface area contributed by atoms with Crippen molar-refractivity contribution < 1.29 is 0 Å². The predicted molar refractivity (Wildman–Crippen MR) is 61.2 cm³/mol. The molecule has 0 amide bonds. The van der Waals surface area contributed by atoms with Gasteiger partial charge in [0.15, 0.2) is 0 Å².